The van der Waals surface area contributed by atoms with E-state index in [-0.39, 0.29) is 6.54 Å². The van der Waals surface area contributed by atoms with Crippen molar-refractivity contribution in [3.05, 3.63) is 65.2 Å². The third-order valence-corrected chi connectivity index (χ3v) is 4.28. The largest absolute Gasteiger partial charge is 0.388 e. The topological polar surface area (TPSA) is 61.4 Å². The number of hydrogen-bond acceptors (Lipinski definition) is 2. The predicted octanol–water partition coefficient (Wildman–Crippen LogP) is 3.01. The lowest BCUT2D eigenvalue weighted by Gasteiger charge is -2.33. The Morgan fingerprint density at radius 3 is 2.46 bits per heavy atom. The van der Waals surface area contributed by atoms with E-state index in [0.29, 0.717) is 12.8 Å². The molecule has 1 atom stereocenters. The Morgan fingerprint density at radius 2 is 1.75 bits per heavy atom. The predicted molar refractivity (Wildman–Crippen MR) is 86.8 cm³/mol. The van der Waals surface area contributed by atoms with Gasteiger partial charge in [0.15, 0.2) is 0 Å². The highest BCUT2D eigenvalue weighted by atomic mass is 19.1. The van der Waals surface area contributed by atoms with Gasteiger partial charge in [-0.2, -0.15) is 0 Å². The van der Waals surface area contributed by atoms with Crippen LogP contribution in [0.1, 0.15) is 17.5 Å². The number of urea groups is 1. The smallest absolute Gasteiger partial charge is 0.319 e. The van der Waals surface area contributed by atoms with E-state index in [9.17, 15) is 18.7 Å². The molecule has 0 unspecified atom stereocenters. The number of carbonyl (C=O) groups is 1. The van der Waals surface area contributed by atoms with Crippen molar-refractivity contribution in [1.82, 2.24) is 5.32 Å². The van der Waals surface area contributed by atoms with Gasteiger partial charge in [0, 0.05) is 13.0 Å². The minimum absolute atomic E-state index is 0.00321. The van der Waals surface area contributed by atoms with Crippen molar-refractivity contribution < 1.29 is 18.7 Å². The Morgan fingerprint density at radius 1 is 1.08 bits per heavy atom. The minimum Gasteiger partial charge on any atom is -0.388 e. The van der Waals surface area contributed by atoms with Crippen LogP contribution < -0.4 is 10.6 Å². The molecule has 0 aliphatic heterocycles. The third kappa shape index (κ3) is 3.54. The number of aliphatic hydroxyl groups is 1. The first kappa shape index (κ1) is 16.4. The summed E-state index contributed by atoms with van der Waals surface area (Å²) in [6.45, 7) is 0.00321. The fraction of sp³-hybridized carbons (Fsp3) is 0.278. The van der Waals surface area contributed by atoms with Crippen LogP contribution in [0.3, 0.4) is 0 Å². The lowest BCUT2D eigenvalue weighted by molar-refractivity contribution is 0.0295. The van der Waals surface area contributed by atoms with Gasteiger partial charge in [-0.1, -0.05) is 30.3 Å². The molecular weight excluding hydrogens is 314 g/mol. The van der Waals surface area contributed by atoms with Crippen LogP contribution in [0.5, 0.6) is 0 Å². The van der Waals surface area contributed by atoms with Gasteiger partial charge in [-0.15, -0.1) is 0 Å². The van der Waals surface area contributed by atoms with E-state index in [1.54, 1.807) is 0 Å². The van der Waals surface area contributed by atoms with E-state index < -0.39 is 29.0 Å². The standard InChI is InChI=1S/C18H18F2N2O2/c19-14-6-3-7-15(20)16(14)22-17(23)21-11-18(24)9-8-12-4-1-2-5-13(12)10-18/h1-7,24H,8-11H2,(H2,21,22,23)/t18-/m1/s1. The maximum absolute atomic E-state index is 13.5. The summed E-state index contributed by atoms with van der Waals surface area (Å²) >= 11 is 0. The van der Waals surface area contributed by atoms with Crippen molar-refractivity contribution in [2.45, 2.75) is 24.9 Å². The number of hydrogen-bond donors (Lipinski definition) is 3. The Balaban J connectivity index is 1.60. The first-order valence-corrected chi connectivity index (χ1v) is 7.75. The normalized spacial score (nSPS) is 19.5. The van der Waals surface area contributed by atoms with Gasteiger partial charge in [-0.25, -0.2) is 13.6 Å². The molecule has 0 fully saturated rings. The number of aryl methyl sites for hydroxylation is 1. The number of rotatable bonds is 3. The average Bonchev–Trinajstić information content (AvgIpc) is 2.56. The van der Waals surface area contributed by atoms with Crippen molar-refractivity contribution >= 4 is 11.7 Å². The highest BCUT2D eigenvalue weighted by molar-refractivity contribution is 5.89. The number of carbonyl (C=O) groups excluding carboxylic acids is 1. The van der Waals surface area contributed by atoms with Crippen LogP contribution in [0, 0.1) is 11.6 Å². The average molecular weight is 332 g/mol. The molecule has 1 aliphatic rings. The molecule has 3 N–H and O–H groups in total. The molecule has 2 aromatic carbocycles. The summed E-state index contributed by atoms with van der Waals surface area (Å²) in [7, 11) is 0. The second kappa shape index (κ2) is 6.57. The van der Waals surface area contributed by atoms with Crippen molar-refractivity contribution in [3.63, 3.8) is 0 Å². The summed E-state index contributed by atoms with van der Waals surface area (Å²) in [4.78, 5) is 11.9. The second-order valence-electron chi connectivity index (χ2n) is 6.07. The number of amides is 2. The maximum Gasteiger partial charge on any atom is 0.319 e. The van der Waals surface area contributed by atoms with Gasteiger partial charge in [0.05, 0.1) is 5.60 Å². The van der Waals surface area contributed by atoms with Crippen molar-refractivity contribution in [2.75, 3.05) is 11.9 Å². The lowest BCUT2D eigenvalue weighted by atomic mass is 9.80. The molecule has 2 amide bonds. The highest BCUT2D eigenvalue weighted by Crippen LogP contribution is 2.28. The highest BCUT2D eigenvalue weighted by Gasteiger charge is 2.32. The van der Waals surface area contributed by atoms with Crippen LogP contribution in [0.2, 0.25) is 0 Å². The molecule has 0 bridgehead atoms. The zero-order valence-electron chi connectivity index (χ0n) is 13.0. The molecule has 0 heterocycles. The Kier molecular flexibility index (Phi) is 4.49. The lowest BCUT2D eigenvalue weighted by Crippen LogP contribution is -2.47. The molecule has 1 aliphatic carbocycles. The van der Waals surface area contributed by atoms with Crippen molar-refractivity contribution in [1.29, 1.82) is 0 Å². The van der Waals surface area contributed by atoms with Crippen LogP contribution in [0.25, 0.3) is 0 Å². The number of benzene rings is 2. The van der Waals surface area contributed by atoms with E-state index in [2.05, 4.69) is 10.6 Å². The molecule has 0 spiro atoms. The van der Waals surface area contributed by atoms with Crippen molar-refractivity contribution in [2.24, 2.45) is 0 Å². The summed E-state index contributed by atoms with van der Waals surface area (Å²) < 4.78 is 27.0. The second-order valence-corrected chi connectivity index (χ2v) is 6.07. The molecule has 0 saturated carbocycles. The SMILES string of the molecule is O=C(NC[C@@]1(O)CCc2ccccc2C1)Nc1c(F)cccc1F. The number of nitrogens with one attached hydrogen (secondary N) is 2. The summed E-state index contributed by atoms with van der Waals surface area (Å²) in [6, 6.07) is 10.4. The fourth-order valence-corrected chi connectivity index (χ4v) is 2.95. The molecular formula is C18H18F2N2O2. The van der Waals surface area contributed by atoms with Crippen LogP contribution in [0.4, 0.5) is 19.3 Å². The monoisotopic (exact) mass is 332 g/mol. The summed E-state index contributed by atoms with van der Waals surface area (Å²) in [5, 5.41) is 15.3. The number of anilines is 1. The maximum atomic E-state index is 13.5. The quantitative estimate of drug-likeness (QED) is 0.809. The molecule has 6 heteroatoms. The van der Waals surface area contributed by atoms with Gasteiger partial charge < -0.3 is 15.7 Å². The first-order valence-electron chi connectivity index (χ1n) is 7.75. The van der Waals surface area contributed by atoms with Gasteiger partial charge in [-0.05, 0) is 36.1 Å². The van der Waals surface area contributed by atoms with Gasteiger partial charge >= 0.3 is 6.03 Å². The first-order chi connectivity index (χ1) is 11.5. The Labute approximate surface area is 138 Å². The van der Waals surface area contributed by atoms with Crippen LogP contribution in [0.15, 0.2) is 42.5 Å². The third-order valence-electron chi connectivity index (χ3n) is 4.28. The Hall–Kier alpha value is -2.47. The van der Waals surface area contributed by atoms with E-state index in [1.807, 2.05) is 24.3 Å². The van der Waals surface area contributed by atoms with Gasteiger partial charge in [0.25, 0.3) is 0 Å². The van der Waals surface area contributed by atoms with Crippen LogP contribution in [-0.4, -0.2) is 23.3 Å². The number of halogens is 2. The fourth-order valence-electron chi connectivity index (χ4n) is 2.95. The van der Waals surface area contributed by atoms with Crippen LogP contribution in [-0.2, 0) is 12.8 Å². The van der Waals surface area contributed by atoms with Gasteiger partial charge in [-0.3, -0.25) is 0 Å². The van der Waals surface area contributed by atoms with Crippen LogP contribution >= 0.6 is 0 Å². The molecule has 0 aromatic heterocycles. The Bertz CT molecular complexity index is 746. The molecule has 126 valence electrons. The minimum atomic E-state index is -1.07. The molecule has 0 saturated heterocycles. The number of fused-ring (bicyclic) bond motifs is 1. The summed E-state index contributed by atoms with van der Waals surface area (Å²) in [6.07, 6.45) is 1.66. The zero-order valence-corrected chi connectivity index (χ0v) is 13.0. The van der Waals surface area contributed by atoms with E-state index in [4.69, 9.17) is 0 Å². The molecule has 24 heavy (non-hydrogen) atoms. The molecule has 4 nitrogen and oxygen atoms in total. The van der Waals surface area contributed by atoms with Gasteiger partial charge in [0.2, 0.25) is 0 Å². The molecule has 0 radical (unpaired) electrons. The van der Waals surface area contributed by atoms with Gasteiger partial charge in [0.1, 0.15) is 17.3 Å². The van der Waals surface area contributed by atoms with E-state index in [0.717, 1.165) is 24.1 Å². The number of para-hydroxylation sites is 1. The van der Waals surface area contributed by atoms with E-state index in [1.165, 1.54) is 11.6 Å². The molecule has 2 aromatic rings. The summed E-state index contributed by atoms with van der Waals surface area (Å²) in [5.41, 5.74) is 0.670. The van der Waals surface area contributed by atoms with Crippen molar-refractivity contribution in [3.8, 4) is 0 Å². The summed E-state index contributed by atoms with van der Waals surface area (Å²) in [5.74, 6) is -1.70. The molecule has 3 rings (SSSR count). The van der Waals surface area contributed by atoms with E-state index >= 15 is 0 Å². The zero-order chi connectivity index (χ0) is 17.2.